The lowest BCUT2D eigenvalue weighted by Crippen LogP contribution is -2.46. The number of hydrogen-bond donors (Lipinski definition) is 3. The number of carbonyl (C=O) groups is 3. The highest BCUT2D eigenvalue weighted by Crippen LogP contribution is 2.44. The van der Waals surface area contributed by atoms with Gasteiger partial charge in [0.25, 0.3) is 0 Å². The molecule has 0 fully saturated rings. The molecule has 9 heteroatoms. The molecular weight excluding hydrogens is 620 g/mol. The van der Waals surface area contributed by atoms with Gasteiger partial charge < -0.3 is 30.0 Å². The van der Waals surface area contributed by atoms with Crippen LogP contribution in [-0.2, 0) is 25.5 Å². The number of ether oxygens (including phenoxy) is 3. The van der Waals surface area contributed by atoms with E-state index in [-0.39, 0.29) is 12.5 Å². The van der Waals surface area contributed by atoms with Crippen LogP contribution in [0.1, 0.15) is 73.5 Å². The molecular formula is C40H44N2O7. The summed E-state index contributed by atoms with van der Waals surface area (Å²) in [5.41, 5.74) is 6.61. The van der Waals surface area contributed by atoms with Crippen molar-refractivity contribution in [3.8, 4) is 16.9 Å². The van der Waals surface area contributed by atoms with E-state index in [1.807, 2.05) is 73.7 Å². The van der Waals surface area contributed by atoms with E-state index in [1.54, 1.807) is 52.1 Å². The summed E-state index contributed by atoms with van der Waals surface area (Å²) in [4.78, 5) is 39.5. The maximum atomic E-state index is 13.6. The Hall–Kier alpha value is -5.15. The Morgan fingerprint density at radius 3 is 2.20 bits per heavy atom. The van der Waals surface area contributed by atoms with E-state index in [4.69, 9.17) is 14.2 Å². The quantitative estimate of drug-likeness (QED) is 0.136. The molecule has 5 rings (SSSR count). The third-order valence-electron chi connectivity index (χ3n) is 8.46. The van der Waals surface area contributed by atoms with E-state index >= 15 is 0 Å². The number of rotatable bonds is 12. The van der Waals surface area contributed by atoms with Crippen molar-refractivity contribution in [2.45, 2.75) is 70.6 Å². The Morgan fingerprint density at radius 1 is 0.878 bits per heavy atom. The number of nitrogens with one attached hydrogen (secondary N) is 2. The molecule has 256 valence electrons. The second-order valence-corrected chi connectivity index (χ2v) is 13.3. The molecule has 0 saturated heterocycles. The molecule has 4 aromatic carbocycles. The maximum absolute atomic E-state index is 13.6. The molecule has 49 heavy (non-hydrogen) atoms. The third kappa shape index (κ3) is 9.06. The van der Waals surface area contributed by atoms with E-state index in [2.05, 4.69) is 10.6 Å². The predicted molar refractivity (Wildman–Crippen MR) is 189 cm³/mol. The molecule has 1 aliphatic carbocycles. The molecule has 2 amide bonds. The van der Waals surface area contributed by atoms with Gasteiger partial charge in [-0.25, -0.2) is 4.79 Å². The summed E-state index contributed by atoms with van der Waals surface area (Å²) in [6, 6.07) is 27.5. The number of aliphatic hydroxyl groups excluding tert-OH is 1. The first-order valence-electron chi connectivity index (χ1n) is 16.5. The largest absolute Gasteiger partial charge is 0.496 e. The van der Waals surface area contributed by atoms with Crippen molar-refractivity contribution in [3.63, 3.8) is 0 Å². The first-order chi connectivity index (χ1) is 23.4. The fourth-order valence-corrected chi connectivity index (χ4v) is 6.08. The topological polar surface area (TPSA) is 123 Å². The first kappa shape index (κ1) is 35.2. The SMILES string of the molecule is COc1cc(CC[C@@H](O)c2cccc(NC(=O)[C@H](CC(=O)OC(C)(C)C)NC(=O)OCC3c4ccccc4-c4ccccc43)c2)ccc1C. The van der Waals surface area contributed by atoms with E-state index in [0.717, 1.165) is 39.1 Å². The smallest absolute Gasteiger partial charge is 0.407 e. The lowest BCUT2D eigenvalue weighted by molar-refractivity contribution is -0.156. The van der Waals surface area contributed by atoms with Gasteiger partial charge in [0.05, 0.1) is 19.6 Å². The summed E-state index contributed by atoms with van der Waals surface area (Å²) in [7, 11) is 1.63. The number of amides is 2. The highest BCUT2D eigenvalue weighted by atomic mass is 16.6. The number of benzene rings is 4. The lowest BCUT2D eigenvalue weighted by atomic mass is 9.98. The van der Waals surface area contributed by atoms with E-state index in [9.17, 15) is 19.5 Å². The minimum atomic E-state index is -1.28. The van der Waals surface area contributed by atoms with Gasteiger partial charge in [-0.2, -0.15) is 0 Å². The van der Waals surface area contributed by atoms with E-state index < -0.39 is 42.1 Å². The molecule has 1 aliphatic rings. The average Bonchev–Trinajstić information content (AvgIpc) is 3.39. The van der Waals surface area contributed by atoms with Gasteiger partial charge in [-0.1, -0.05) is 72.8 Å². The van der Waals surface area contributed by atoms with Crippen molar-refractivity contribution >= 4 is 23.7 Å². The zero-order valence-corrected chi connectivity index (χ0v) is 28.6. The number of methoxy groups -OCH3 is 1. The minimum Gasteiger partial charge on any atom is -0.496 e. The Labute approximate surface area is 287 Å². The van der Waals surface area contributed by atoms with Crippen LogP contribution in [-0.4, -0.2) is 48.4 Å². The van der Waals surface area contributed by atoms with Gasteiger partial charge in [0.2, 0.25) is 5.91 Å². The molecule has 4 aromatic rings. The number of alkyl carbamates (subject to hydrolysis) is 1. The summed E-state index contributed by atoms with van der Waals surface area (Å²) >= 11 is 0. The van der Waals surface area contributed by atoms with Crippen molar-refractivity contribution in [2.75, 3.05) is 19.0 Å². The molecule has 0 heterocycles. The van der Waals surface area contributed by atoms with Gasteiger partial charge in [-0.3, -0.25) is 9.59 Å². The van der Waals surface area contributed by atoms with Crippen LogP contribution in [0, 0.1) is 6.92 Å². The zero-order valence-electron chi connectivity index (χ0n) is 28.6. The number of aliphatic hydroxyl groups is 1. The van der Waals surface area contributed by atoms with Crippen molar-refractivity contribution in [1.82, 2.24) is 5.32 Å². The summed E-state index contributed by atoms with van der Waals surface area (Å²) in [5.74, 6) is -0.649. The van der Waals surface area contributed by atoms with E-state index in [0.29, 0.717) is 24.1 Å². The number of anilines is 1. The van der Waals surface area contributed by atoms with Crippen LogP contribution in [0.5, 0.6) is 5.75 Å². The molecule has 0 unspecified atom stereocenters. The normalized spacial score (nSPS) is 13.4. The number of esters is 1. The molecule has 9 nitrogen and oxygen atoms in total. The van der Waals surface area contributed by atoms with Crippen LogP contribution in [0.4, 0.5) is 10.5 Å². The molecule has 2 atom stereocenters. The van der Waals surface area contributed by atoms with Crippen molar-refractivity contribution in [1.29, 1.82) is 0 Å². The second-order valence-electron chi connectivity index (χ2n) is 13.3. The van der Waals surface area contributed by atoms with Crippen LogP contribution in [0.2, 0.25) is 0 Å². The highest BCUT2D eigenvalue weighted by Gasteiger charge is 2.31. The van der Waals surface area contributed by atoms with Gasteiger partial charge in [0, 0.05) is 11.6 Å². The van der Waals surface area contributed by atoms with Crippen LogP contribution in [0.15, 0.2) is 91.0 Å². The predicted octanol–water partition coefficient (Wildman–Crippen LogP) is 7.25. The summed E-state index contributed by atoms with van der Waals surface area (Å²) in [6.07, 6.45) is -0.955. The maximum Gasteiger partial charge on any atom is 0.407 e. The Balaban J connectivity index is 1.24. The summed E-state index contributed by atoms with van der Waals surface area (Å²) < 4.78 is 16.5. The standard InChI is InChI=1S/C40H44N2O7/c1-25-17-18-26(21-36(25)47-5)19-20-35(43)27-11-10-12-28(22-27)41-38(45)34(23-37(44)49-40(2,3)4)42-39(46)48-24-33-31-15-8-6-13-29(31)30-14-7-9-16-32(30)33/h6-18,21-22,33-35,43H,19-20,23-24H2,1-5H3,(H,41,45)(H,42,46)/t34-,35+/m0/s1. The first-order valence-corrected chi connectivity index (χ1v) is 16.5. The number of aryl methyl sites for hydroxylation is 2. The zero-order chi connectivity index (χ0) is 35.1. The Bertz CT molecular complexity index is 1770. The number of hydrogen-bond acceptors (Lipinski definition) is 7. The van der Waals surface area contributed by atoms with Crippen molar-refractivity contribution in [3.05, 3.63) is 119 Å². The molecule has 0 aromatic heterocycles. The van der Waals surface area contributed by atoms with Crippen LogP contribution >= 0.6 is 0 Å². The number of carbonyl (C=O) groups excluding carboxylic acids is 3. The third-order valence-corrected chi connectivity index (χ3v) is 8.46. The number of fused-ring (bicyclic) bond motifs is 3. The molecule has 0 radical (unpaired) electrons. The summed E-state index contributed by atoms with van der Waals surface area (Å²) in [6.45, 7) is 7.21. The van der Waals surface area contributed by atoms with Crippen molar-refractivity contribution < 1.29 is 33.7 Å². The lowest BCUT2D eigenvalue weighted by Gasteiger charge is -2.23. The average molecular weight is 665 g/mol. The van der Waals surface area contributed by atoms with Crippen molar-refractivity contribution in [2.24, 2.45) is 0 Å². The molecule has 0 aliphatic heterocycles. The van der Waals surface area contributed by atoms with Crippen LogP contribution in [0.25, 0.3) is 11.1 Å². The molecule has 0 bridgehead atoms. The van der Waals surface area contributed by atoms with Gasteiger partial charge in [0.15, 0.2) is 0 Å². The Kier molecular flexibility index (Phi) is 11.0. The summed E-state index contributed by atoms with van der Waals surface area (Å²) in [5, 5.41) is 16.3. The van der Waals surface area contributed by atoms with E-state index in [1.165, 1.54) is 0 Å². The fourth-order valence-electron chi connectivity index (χ4n) is 6.08. The van der Waals surface area contributed by atoms with Gasteiger partial charge in [0.1, 0.15) is 24.0 Å². The highest BCUT2D eigenvalue weighted by molar-refractivity contribution is 5.98. The monoisotopic (exact) mass is 664 g/mol. The van der Waals surface area contributed by atoms with Gasteiger partial charge >= 0.3 is 12.1 Å². The van der Waals surface area contributed by atoms with Gasteiger partial charge in [-0.05, 0) is 97.7 Å². The molecule has 3 N–H and O–H groups in total. The minimum absolute atomic E-state index is 0.0515. The van der Waals surface area contributed by atoms with Crippen LogP contribution < -0.4 is 15.4 Å². The van der Waals surface area contributed by atoms with Crippen LogP contribution in [0.3, 0.4) is 0 Å². The Morgan fingerprint density at radius 2 is 1.55 bits per heavy atom. The van der Waals surface area contributed by atoms with Gasteiger partial charge in [-0.15, -0.1) is 0 Å². The second kappa shape index (κ2) is 15.4. The molecule has 0 spiro atoms. The molecule has 0 saturated carbocycles. The fraction of sp³-hybridized carbons (Fsp3) is 0.325.